The van der Waals surface area contributed by atoms with Crippen molar-refractivity contribution in [2.24, 2.45) is 10.7 Å². The molecular formula is C28H34N6O4. The Kier molecular flexibility index (Phi) is 9.07. The monoisotopic (exact) mass is 518 g/mol. The normalized spacial score (nSPS) is 18.8. The molecule has 0 radical (unpaired) electrons. The number of amides is 2. The smallest absolute Gasteiger partial charge is 0.271 e. The van der Waals surface area contributed by atoms with Crippen LogP contribution in [0.1, 0.15) is 59.9 Å². The number of hydrogen-bond acceptors (Lipinski definition) is 8. The van der Waals surface area contributed by atoms with Crippen LogP contribution in [-0.4, -0.2) is 60.3 Å². The maximum absolute atomic E-state index is 12.8. The minimum Gasteiger partial charge on any atom is -0.497 e. The zero-order chi connectivity index (χ0) is 26.9. The summed E-state index contributed by atoms with van der Waals surface area (Å²) in [6, 6.07) is 6.94. The van der Waals surface area contributed by atoms with E-state index in [0.29, 0.717) is 30.3 Å². The molecule has 0 spiro atoms. The highest BCUT2D eigenvalue weighted by Crippen LogP contribution is 2.24. The standard InChI is InChI=1S/C28H34N6O4/c1-3-38-23-9-5-4-7-20(12-15-23)31-27-25(26(29)35)30-17-24(33-27)34-16-6-8-21(18-34)32-28(36)19-10-13-22(37-2)14-11-19/h9-15,17,21H,3-8,16,18H2,1-2H3,(H2,29,35)(H,32,36). The highest BCUT2D eigenvalue weighted by molar-refractivity contribution is 6.00. The molecule has 10 heteroatoms. The summed E-state index contributed by atoms with van der Waals surface area (Å²) in [6.07, 6.45) is 11.6. The lowest BCUT2D eigenvalue weighted by Gasteiger charge is -2.34. The summed E-state index contributed by atoms with van der Waals surface area (Å²) >= 11 is 0. The van der Waals surface area contributed by atoms with E-state index in [-0.39, 0.29) is 23.5 Å². The SMILES string of the molecule is CCOC1=CCCCC(=Nc2nc(N3CCCC(NC(=O)c4ccc(OC)cc4)C3)cnc2C(N)=O)C=C1. The van der Waals surface area contributed by atoms with Crippen molar-refractivity contribution in [1.82, 2.24) is 15.3 Å². The van der Waals surface area contributed by atoms with Crippen molar-refractivity contribution in [2.45, 2.75) is 45.1 Å². The Balaban J connectivity index is 1.51. The van der Waals surface area contributed by atoms with Gasteiger partial charge in [-0.05, 0) is 81.5 Å². The molecule has 200 valence electrons. The minimum absolute atomic E-state index is 0.0265. The third-order valence-electron chi connectivity index (χ3n) is 6.39. The van der Waals surface area contributed by atoms with Crippen molar-refractivity contribution < 1.29 is 19.1 Å². The van der Waals surface area contributed by atoms with Gasteiger partial charge in [-0.15, -0.1) is 0 Å². The van der Waals surface area contributed by atoms with Gasteiger partial charge in [0.05, 0.1) is 19.9 Å². The Morgan fingerprint density at radius 2 is 2.03 bits per heavy atom. The molecule has 2 aliphatic rings. The predicted molar refractivity (Wildman–Crippen MR) is 146 cm³/mol. The van der Waals surface area contributed by atoms with Gasteiger partial charge >= 0.3 is 0 Å². The highest BCUT2D eigenvalue weighted by atomic mass is 16.5. The summed E-state index contributed by atoms with van der Waals surface area (Å²) in [5.41, 5.74) is 6.96. The fraction of sp³-hybridized carbons (Fsp3) is 0.393. The number of piperidine rings is 1. The number of carbonyl (C=O) groups excluding carboxylic acids is 2. The number of nitrogens with zero attached hydrogens (tertiary/aromatic N) is 4. The van der Waals surface area contributed by atoms with Crippen molar-refractivity contribution in [3.8, 4) is 5.75 Å². The third kappa shape index (κ3) is 6.96. The first-order valence-corrected chi connectivity index (χ1v) is 12.9. The number of rotatable bonds is 8. The molecule has 1 atom stereocenters. The lowest BCUT2D eigenvalue weighted by Crippen LogP contribution is -2.48. The van der Waals surface area contributed by atoms with Crippen LogP contribution in [0.15, 0.2) is 59.4 Å². The van der Waals surface area contributed by atoms with Gasteiger partial charge in [0.2, 0.25) is 0 Å². The lowest BCUT2D eigenvalue weighted by molar-refractivity contribution is 0.0931. The first-order chi connectivity index (χ1) is 18.5. The molecule has 2 aromatic rings. The summed E-state index contributed by atoms with van der Waals surface area (Å²) in [5, 5.41) is 3.11. The molecule has 2 amide bonds. The number of methoxy groups -OCH3 is 1. The maximum atomic E-state index is 12.8. The molecule has 1 saturated heterocycles. The molecule has 1 aromatic carbocycles. The van der Waals surface area contributed by atoms with E-state index in [1.165, 1.54) is 0 Å². The molecule has 0 bridgehead atoms. The molecule has 1 aliphatic heterocycles. The number of carbonyl (C=O) groups is 2. The molecule has 1 aliphatic carbocycles. The van der Waals surface area contributed by atoms with Crippen LogP contribution >= 0.6 is 0 Å². The second kappa shape index (κ2) is 12.8. The van der Waals surface area contributed by atoms with E-state index >= 15 is 0 Å². The van der Waals surface area contributed by atoms with Gasteiger partial charge in [-0.1, -0.05) is 0 Å². The van der Waals surface area contributed by atoms with Crippen molar-refractivity contribution in [1.29, 1.82) is 0 Å². The quantitative estimate of drug-likeness (QED) is 0.544. The molecule has 38 heavy (non-hydrogen) atoms. The second-order valence-corrected chi connectivity index (χ2v) is 9.12. The molecule has 10 nitrogen and oxygen atoms in total. The van der Waals surface area contributed by atoms with Crippen molar-refractivity contribution in [3.63, 3.8) is 0 Å². The predicted octanol–water partition coefficient (Wildman–Crippen LogP) is 3.72. The zero-order valence-electron chi connectivity index (χ0n) is 21.9. The Hall–Kier alpha value is -4.21. The summed E-state index contributed by atoms with van der Waals surface area (Å²) in [6.45, 7) is 3.83. The van der Waals surface area contributed by atoms with Gasteiger partial charge in [-0.3, -0.25) is 9.59 Å². The van der Waals surface area contributed by atoms with Crippen LogP contribution in [0.4, 0.5) is 11.6 Å². The van der Waals surface area contributed by atoms with Crippen molar-refractivity contribution >= 4 is 29.2 Å². The van der Waals surface area contributed by atoms with E-state index in [1.54, 1.807) is 37.6 Å². The Labute approximate surface area is 222 Å². The number of benzene rings is 1. The topological polar surface area (TPSA) is 132 Å². The number of ether oxygens (including phenoxy) is 2. The van der Waals surface area contributed by atoms with E-state index in [9.17, 15) is 9.59 Å². The molecule has 3 N–H and O–H groups in total. The van der Waals surface area contributed by atoms with Crippen LogP contribution in [0.3, 0.4) is 0 Å². The van der Waals surface area contributed by atoms with Crippen LogP contribution < -0.4 is 20.7 Å². The molecule has 0 saturated carbocycles. The Morgan fingerprint density at radius 1 is 1.21 bits per heavy atom. The van der Waals surface area contributed by atoms with Gasteiger partial charge in [0.15, 0.2) is 11.5 Å². The first kappa shape index (κ1) is 26.8. The molecular weight excluding hydrogens is 484 g/mol. The minimum atomic E-state index is -0.684. The number of aromatic nitrogens is 2. The number of anilines is 1. The lowest BCUT2D eigenvalue weighted by atomic mass is 10.0. The van der Waals surface area contributed by atoms with Crippen molar-refractivity contribution in [2.75, 3.05) is 31.7 Å². The number of aliphatic imine (C=N–C) groups is 1. The fourth-order valence-corrected chi connectivity index (χ4v) is 4.45. The number of hydrogen-bond donors (Lipinski definition) is 2. The van der Waals surface area contributed by atoms with Gasteiger partial charge in [0.1, 0.15) is 17.3 Å². The molecule has 1 aromatic heterocycles. The summed E-state index contributed by atoms with van der Waals surface area (Å²) < 4.78 is 10.8. The van der Waals surface area contributed by atoms with Crippen LogP contribution in [0, 0.1) is 0 Å². The summed E-state index contributed by atoms with van der Waals surface area (Å²) in [5.74, 6) is 1.45. The van der Waals surface area contributed by atoms with Crippen molar-refractivity contribution in [3.05, 3.63) is 65.7 Å². The summed E-state index contributed by atoms with van der Waals surface area (Å²) in [7, 11) is 1.59. The van der Waals surface area contributed by atoms with Crippen LogP contribution in [-0.2, 0) is 4.74 Å². The zero-order valence-corrected chi connectivity index (χ0v) is 21.9. The number of nitrogens with two attached hydrogens (primary N) is 1. The van der Waals surface area contributed by atoms with E-state index in [2.05, 4.69) is 26.4 Å². The first-order valence-electron chi connectivity index (χ1n) is 12.9. The van der Waals surface area contributed by atoms with E-state index in [0.717, 1.165) is 50.1 Å². The third-order valence-corrected chi connectivity index (χ3v) is 6.39. The van der Waals surface area contributed by atoms with Gasteiger partial charge in [-0.25, -0.2) is 15.0 Å². The summed E-state index contributed by atoms with van der Waals surface area (Å²) in [4.78, 5) is 40.6. The van der Waals surface area contributed by atoms with Crippen LogP contribution in [0.5, 0.6) is 5.75 Å². The molecule has 2 heterocycles. The van der Waals surface area contributed by atoms with Gasteiger partial charge in [0.25, 0.3) is 11.8 Å². The Morgan fingerprint density at radius 3 is 2.76 bits per heavy atom. The van der Waals surface area contributed by atoms with Gasteiger partial charge < -0.3 is 25.4 Å². The van der Waals surface area contributed by atoms with Gasteiger partial charge in [0, 0.05) is 30.4 Å². The van der Waals surface area contributed by atoms with Crippen LogP contribution in [0.2, 0.25) is 0 Å². The number of nitrogens with one attached hydrogen (secondary N) is 1. The van der Waals surface area contributed by atoms with Gasteiger partial charge in [-0.2, -0.15) is 0 Å². The van der Waals surface area contributed by atoms with E-state index < -0.39 is 5.91 Å². The second-order valence-electron chi connectivity index (χ2n) is 9.12. The molecule has 4 rings (SSSR count). The highest BCUT2D eigenvalue weighted by Gasteiger charge is 2.24. The Bertz CT molecular complexity index is 1240. The average molecular weight is 519 g/mol. The van der Waals surface area contributed by atoms with E-state index in [1.807, 2.05) is 24.0 Å². The van der Waals surface area contributed by atoms with Crippen LogP contribution in [0.25, 0.3) is 0 Å². The number of allylic oxidation sites excluding steroid dienone is 3. The molecule has 1 unspecified atom stereocenters. The molecule has 1 fully saturated rings. The fourth-order valence-electron chi connectivity index (χ4n) is 4.45. The average Bonchev–Trinajstić information content (AvgIpc) is 2.92. The van der Waals surface area contributed by atoms with E-state index in [4.69, 9.17) is 15.2 Å². The largest absolute Gasteiger partial charge is 0.497 e. The maximum Gasteiger partial charge on any atom is 0.271 e. The number of primary amides is 1.